The summed E-state index contributed by atoms with van der Waals surface area (Å²) >= 11 is 0. The molecule has 0 bridgehead atoms. The van der Waals surface area contributed by atoms with Crippen LogP contribution in [-0.4, -0.2) is 12.6 Å². The third-order valence-electron chi connectivity index (χ3n) is 4.10. The fraction of sp³-hybridized carbons (Fsp3) is 0.842. The fourth-order valence-electron chi connectivity index (χ4n) is 2.74. The minimum absolute atomic E-state index is 0.299. The van der Waals surface area contributed by atoms with E-state index in [0.717, 1.165) is 12.3 Å². The van der Waals surface area contributed by atoms with Gasteiger partial charge in [-0.15, -0.1) is 0 Å². The Labute approximate surface area is 132 Å². The molecule has 0 fully saturated rings. The Kier molecular flexibility index (Phi) is 15.0. The third kappa shape index (κ3) is 13.9. The molecule has 0 aromatic rings. The zero-order chi connectivity index (χ0) is 15.8. The van der Waals surface area contributed by atoms with E-state index in [1.807, 2.05) is 0 Å². The van der Waals surface area contributed by atoms with Crippen LogP contribution < -0.4 is 0 Å². The fourth-order valence-corrected chi connectivity index (χ4v) is 2.74. The van der Waals surface area contributed by atoms with Crippen LogP contribution in [0.1, 0.15) is 90.9 Å². The Morgan fingerprint density at radius 3 is 1.90 bits per heavy atom. The van der Waals surface area contributed by atoms with Crippen molar-refractivity contribution in [2.75, 3.05) is 6.61 Å². The summed E-state index contributed by atoms with van der Waals surface area (Å²) in [4.78, 5) is 10.9. The molecule has 0 aromatic heterocycles. The highest BCUT2D eigenvalue weighted by molar-refractivity contribution is 5.81. The first-order valence-corrected chi connectivity index (χ1v) is 9.03. The topological polar surface area (TPSA) is 26.3 Å². The van der Waals surface area contributed by atoms with E-state index in [4.69, 9.17) is 4.74 Å². The summed E-state index contributed by atoms with van der Waals surface area (Å²) in [5.74, 6) is 0.617. The highest BCUT2D eigenvalue weighted by atomic mass is 16.5. The predicted molar refractivity (Wildman–Crippen MR) is 91.4 cm³/mol. The van der Waals surface area contributed by atoms with Crippen LogP contribution in [0.25, 0.3) is 0 Å². The van der Waals surface area contributed by atoms with Crippen molar-refractivity contribution in [3.63, 3.8) is 0 Å². The molecular formula is C19H36O2. The Hall–Kier alpha value is -0.790. The van der Waals surface area contributed by atoms with Gasteiger partial charge in [0.25, 0.3) is 0 Å². The summed E-state index contributed by atoms with van der Waals surface area (Å²) in [6.45, 7) is 8.49. The van der Waals surface area contributed by atoms with Crippen molar-refractivity contribution in [2.24, 2.45) is 5.92 Å². The van der Waals surface area contributed by atoms with Crippen LogP contribution >= 0.6 is 0 Å². The molecule has 0 saturated heterocycles. The van der Waals surface area contributed by atoms with Gasteiger partial charge >= 0.3 is 5.97 Å². The van der Waals surface area contributed by atoms with Gasteiger partial charge in [-0.3, -0.25) is 0 Å². The van der Waals surface area contributed by atoms with Gasteiger partial charge in [0.2, 0.25) is 0 Å². The first-order valence-electron chi connectivity index (χ1n) is 9.03. The second-order valence-corrected chi connectivity index (χ2v) is 6.08. The third-order valence-corrected chi connectivity index (χ3v) is 4.10. The van der Waals surface area contributed by atoms with Gasteiger partial charge in [0.15, 0.2) is 0 Å². The second kappa shape index (κ2) is 15.6. The molecule has 0 aliphatic rings. The Morgan fingerprint density at radius 2 is 1.43 bits per heavy atom. The zero-order valence-corrected chi connectivity index (χ0v) is 14.4. The highest BCUT2D eigenvalue weighted by Crippen LogP contribution is 2.23. The first-order chi connectivity index (χ1) is 10.2. The van der Waals surface area contributed by atoms with Gasteiger partial charge in [-0.1, -0.05) is 91.1 Å². The monoisotopic (exact) mass is 296 g/mol. The molecule has 0 aliphatic carbocycles. The molecule has 0 N–H and O–H groups in total. The number of unbranched alkanes of at least 4 members (excludes halogenated alkanes) is 6. The van der Waals surface area contributed by atoms with E-state index in [1.165, 1.54) is 76.7 Å². The maximum Gasteiger partial charge on any atom is 0.330 e. The SMILES string of the molecule is C=CC(=O)OCCCCCC(CCCCC)CCCCC. The lowest BCUT2D eigenvalue weighted by molar-refractivity contribution is -0.137. The molecule has 0 rings (SSSR count). The van der Waals surface area contributed by atoms with Crippen molar-refractivity contribution in [1.82, 2.24) is 0 Å². The van der Waals surface area contributed by atoms with Gasteiger partial charge in [0.05, 0.1) is 6.61 Å². The van der Waals surface area contributed by atoms with E-state index in [0.29, 0.717) is 6.61 Å². The lowest BCUT2D eigenvalue weighted by atomic mass is 9.90. The number of esters is 1. The molecule has 2 heteroatoms. The average Bonchev–Trinajstić information content (AvgIpc) is 2.50. The molecule has 0 aromatic carbocycles. The highest BCUT2D eigenvalue weighted by Gasteiger charge is 2.08. The van der Waals surface area contributed by atoms with Gasteiger partial charge in [-0.25, -0.2) is 4.79 Å². The molecule has 0 amide bonds. The maximum absolute atomic E-state index is 10.9. The predicted octanol–water partition coefficient (Wildman–Crippen LogP) is 6.05. The van der Waals surface area contributed by atoms with E-state index >= 15 is 0 Å². The summed E-state index contributed by atoms with van der Waals surface area (Å²) in [6.07, 6.45) is 17.0. The minimum Gasteiger partial charge on any atom is -0.463 e. The van der Waals surface area contributed by atoms with Crippen molar-refractivity contribution in [3.8, 4) is 0 Å². The number of ether oxygens (including phenoxy) is 1. The van der Waals surface area contributed by atoms with Crippen molar-refractivity contribution >= 4 is 5.97 Å². The smallest absolute Gasteiger partial charge is 0.330 e. The number of hydrogen-bond acceptors (Lipinski definition) is 2. The van der Waals surface area contributed by atoms with Crippen molar-refractivity contribution in [1.29, 1.82) is 0 Å². The van der Waals surface area contributed by atoms with E-state index < -0.39 is 0 Å². The molecule has 0 spiro atoms. The van der Waals surface area contributed by atoms with Crippen molar-refractivity contribution in [3.05, 3.63) is 12.7 Å². The van der Waals surface area contributed by atoms with Crippen LogP contribution in [0.5, 0.6) is 0 Å². The molecule has 0 heterocycles. The van der Waals surface area contributed by atoms with Crippen LogP contribution in [-0.2, 0) is 9.53 Å². The van der Waals surface area contributed by atoms with Crippen LogP contribution in [0.4, 0.5) is 0 Å². The van der Waals surface area contributed by atoms with E-state index in [2.05, 4.69) is 20.4 Å². The molecule has 0 unspecified atom stereocenters. The quantitative estimate of drug-likeness (QED) is 0.209. The summed E-state index contributed by atoms with van der Waals surface area (Å²) in [7, 11) is 0. The molecule has 124 valence electrons. The van der Waals surface area contributed by atoms with Crippen molar-refractivity contribution < 1.29 is 9.53 Å². The maximum atomic E-state index is 10.9. The van der Waals surface area contributed by atoms with E-state index in [-0.39, 0.29) is 5.97 Å². The van der Waals surface area contributed by atoms with Crippen LogP contribution in [0.15, 0.2) is 12.7 Å². The number of hydrogen-bond donors (Lipinski definition) is 0. The Morgan fingerprint density at radius 1 is 0.905 bits per heavy atom. The summed E-state index contributed by atoms with van der Waals surface area (Å²) in [5.41, 5.74) is 0. The van der Waals surface area contributed by atoms with Gasteiger partial charge in [-0.05, 0) is 12.3 Å². The average molecular weight is 296 g/mol. The summed E-state index contributed by atoms with van der Waals surface area (Å²) < 4.78 is 5.00. The second-order valence-electron chi connectivity index (χ2n) is 6.08. The van der Waals surface area contributed by atoms with Crippen molar-refractivity contribution in [2.45, 2.75) is 90.9 Å². The van der Waals surface area contributed by atoms with Crippen LogP contribution in [0.2, 0.25) is 0 Å². The molecule has 0 radical (unpaired) electrons. The molecule has 2 nitrogen and oxygen atoms in total. The summed E-state index contributed by atoms with van der Waals surface area (Å²) in [5, 5.41) is 0. The van der Waals surface area contributed by atoms with Gasteiger partial charge in [0.1, 0.15) is 0 Å². The number of carbonyl (C=O) groups is 1. The normalized spacial score (nSPS) is 10.8. The van der Waals surface area contributed by atoms with E-state index in [1.54, 1.807) is 0 Å². The Bertz CT molecular complexity index is 238. The lowest BCUT2D eigenvalue weighted by Gasteiger charge is -2.16. The lowest BCUT2D eigenvalue weighted by Crippen LogP contribution is -2.03. The molecule has 0 atom stereocenters. The first kappa shape index (κ1) is 20.2. The standard InChI is InChI=1S/C19H36O2/c1-4-7-10-14-18(15-11-8-5-2)16-12-9-13-17-21-19(20)6-3/h6,18H,3-5,7-17H2,1-2H3. The minimum atomic E-state index is -0.299. The Balaban J connectivity index is 3.67. The number of carbonyl (C=O) groups excluding carboxylic acids is 1. The largest absolute Gasteiger partial charge is 0.463 e. The zero-order valence-electron chi connectivity index (χ0n) is 14.4. The molecule has 0 saturated carbocycles. The van der Waals surface area contributed by atoms with Crippen LogP contribution in [0.3, 0.4) is 0 Å². The summed E-state index contributed by atoms with van der Waals surface area (Å²) in [6, 6.07) is 0. The molecular weight excluding hydrogens is 260 g/mol. The number of rotatable bonds is 15. The van der Waals surface area contributed by atoms with Gasteiger partial charge < -0.3 is 4.74 Å². The van der Waals surface area contributed by atoms with Gasteiger partial charge in [0, 0.05) is 6.08 Å². The van der Waals surface area contributed by atoms with E-state index in [9.17, 15) is 4.79 Å². The molecule has 0 aliphatic heterocycles. The van der Waals surface area contributed by atoms with Gasteiger partial charge in [-0.2, -0.15) is 0 Å². The van der Waals surface area contributed by atoms with Crippen LogP contribution in [0, 0.1) is 5.92 Å². The molecule has 21 heavy (non-hydrogen) atoms.